The van der Waals surface area contributed by atoms with Gasteiger partial charge in [0.25, 0.3) is 21.6 Å². The van der Waals surface area contributed by atoms with E-state index in [2.05, 4.69) is 55.7 Å². The molecule has 3 aromatic carbocycles. The van der Waals surface area contributed by atoms with Crippen LogP contribution in [0.1, 0.15) is 78.9 Å². The number of nitro benzene ring substituents is 1. The van der Waals surface area contributed by atoms with Gasteiger partial charge in [-0.3, -0.25) is 19.8 Å². The number of sulfonamides is 1. The topological polar surface area (TPSA) is 175 Å². The summed E-state index contributed by atoms with van der Waals surface area (Å²) in [6, 6.07) is 22.7. The van der Waals surface area contributed by atoms with Crippen LogP contribution >= 0.6 is 0 Å². The van der Waals surface area contributed by atoms with Gasteiger partial charge in [-0.25, -0.2) is 13.1 Å². The highest BCUT2D eigenvalue weighted by atomic mass is 32.2. The number of H-pyrrole nitrogens is 1. The van der Waals surface area contributed by atoms with Crippen molar-refractivity contribution < 1.29 is 27.6 Å². The van der Waals surface area contributed by atoms with Gasteiger partial charge in [-0.2, -0.15) is 4.98 Å². The van der Waals surface area contributed by atoms with Crippen LogP contribution < -0.4 is 24.6 Å². The molecule has 0 unspecified atom stereocenters. The molecule has 2 aromatic heterocycles. The average Bonchev–Trinajstić information content (AvgIpc) is 3.99. The molecule has 3 N–H and O–H groups in total. The lowest BCUT2D eigenvalue weighted by Crippen LogP contribution is -2.54. The average molecular weight is 887 g/mol. The van der Waals surface area contributed by atoms with Crippen molar-refractivity contribution >= 4 is 61.5 Å². The number of carbonyl (C=O) groups excluding carboxylic acids is 1. The third-order valence-corrected chi connectivity index (χ3v) is 15.7. The Bertz CT molecular complexity index is 2700. The molecule has 1 saturated carbocycles. The number of ether oxygens (including phenoxy) is 2. The van der Waals surface area contributed by atoms with E-state index in [1.165, 1.54) is 48.9 Å². The Hall–Kier alpha value is -5.97. The van der Waals surface area contributed by atoms with Crippen LogP contribution in [0.5, 0.6) is 5.88 Å². The van der Waals surface area contributed by atoms with E-state index in [9.17, 15) is 23.3 Å². The number of pyridine rings is 1. The zero-order chi connectivity index (χ0) is 44.0. The number of nitrogens with zero attached hydrogens (tertiary/aromatic N) is 5. The van der Waals surface area contributed by atoms with Gasteiger partial charge >= 0.3 is 0 Å². The molecule has 5 aliphatic rings. The first-order valence-electron chi connectivity index (χ1n) is 22.5. The van der Waals surface area contributed by atoms with E-state index < -0.39 is 26.5 Å². The third kappa shape index (κ3) is 8.07. The van der Waals surface area contributed by atoms with Gasteiger partial charge < -0.3 is 29.6 Å². The van der Waals surface area contributed by atoms with Crippen LogP contribution in [0.4, 0.5) is 28.4 Å². The van der Waals surface area contributed by atoms with Gasteiger partial charge in [-0.05, 0) is 123 Å². The number of anilines is 4. The summed E-state index contributed by atoms with van der Waals surface area (Å²) in [5.74, 6) is -0.179. The summed E-state index contributed by atoms with van der Waals surface area (Å²) in [7, 11) is -4.55. The summed E-state index contributed by atoms with van der Waals surface area (Å²) in [6.07, 6.45) is 12.3. The highest BCUT2D eigenvalue weighted by Crippen LogP contribution is 2.54. The predicted molar refractivity (Wildman–Crippen MR) is 247 cm³/mol. The molecule has 1 aliphatic carbocycles. The molecule has 3 saturated heterocycles. The number of fused-ring (bicyclic) bond motifs is 2. The van der Waals surface area contributed by atoms with E-state index in [0.29, 0.717) is 73.3 Å². The molecule has 1 amide bonds. The van der Waals surface area contributed by atoms with Gasteiger partial charge in [0.15, 0.2) is 0 Å². The largest absolute Gasteiger partial charge is 0.474 e. The lowest BCUT2D eigenvalue weighted by Gasteiger charge is -2.56. The van der Waals surface area contributed by atoms with Crippen LogP contribution in [0.25, 0.3) is 17.1 Å². The van der Waals surface area contributed by atoms with Crippen molar-refractivity contribution in [3.63, 3.8) is 0 Å². The van der Waals surface area contributed by atoms with Crippen molar-refractivity contribution in [1.82, 2.24) is 19.6 Å². The lowest BCUT2D eigenvalue weighted by atomic mass is 9.59. The molecule has 4 fully saturated rings. The fourth-order valence-electron chi connectivity index (χ4n) is 10.8. The van der Waals surface area contributed by atoms with Crippen LogP contribution in [-0.2, 0) is 14.8 Å². The van der Waals surface area contributed by atoms with Crippen molar-refractivity contribution in [3.05, 3.63) is 112 Å². The van der Waals surface area contributed by atoms with Gasteiger partial charge in [0.2, 0.25) is 5.88 Å². The second-order valence-electron chi connectivity index (χ2n) is 18.0. The number of likely N-dealkylation sites (tertiary alicyclic amines) is 1. The van der Waals surface area contributed by atoms with Gasteiger partial charge in [0.1, 0.15) is 23.6 Å². The number of benzene rings is 3. The third-order valence-electron chi connectivity index (χ3n) is 14.3. The van der Waals surface area contributed by atoms with Gasteiger partial charge in [-0.15, -0.1) is 0 Å². The first-order valence-corrected chi connectivity index (χ1v) is 24.0. The SMILES string of the molecule is C=Cc1ccccc1[C@@H]1CCCN1C1CC2(CCN(c3ccc(C(=O)NS(=O)(=O)c4ccc(NCC5CCOCC5)c([N+](=O)[O-])c4)c(N4CCOc5nc6[nH]ccc6cc54)c3)CC2)C1. The van der Waals surface area contributed by atoms with E-state index in [4.69, 9.17) is 14.5 Å². The van der Waals surface area contributed by atoms with Crippen LogP contribution in [0, 0.1) is 21.4 Å². The number of rotatable bonds is 12. The molecular formula is C48H54N8O7S. The monoisotopic (exact) mass is 886 g/mol. The quantitative estimate of drug-likeness (QED) is 0.0811. The Morgan fingerprint density at radius 3 is 2.58 bits per heavy atom. The zero-order valence-electron chi connectivity index (χ0n) is 35.8. The fraction of sp³-hybridized carbons (Fsp3) is 0.417. The minimum absolute atomic E-state index is 0.132. The van der Waals surface area contributed by atoms with Gasteiger partial charge in [0.05, 0.1) is 27.6 Å². The van der Waals surface area contributed by atoms with Crippen molar-refractivity contribution in [1.29, 1.82) is 0 Å². The number of nitrogens with one attached hydrogen (secondary N) is 3. The first kappa shape index (κ1) is 42.0. The summed E-state index contributed by atoms with van der Waals surface area (Å²) < 4.78 is 41.5. The Kier molecular flexibility index (Phi) is 11.3. The van der Waals surface area contributed by atoms with E-state index >= 15 is 0 Å². The number of amides is 1. The molecule has 64 heavy (non-hydrogen) atoms. The normalized spacial score (nSPS) is 20.4. The lowest BCUT2D eigenvalue weighted by molar-refractivity contribution is -0.384. The molecule has 0 bridgehead atoms. The Labute approximate surface area is 373 Å². The highest BCUT2D eigenvalue weighted by molar-refractivity contribution is 7.90. The number of hydrogen-bond donors (Lipinski definition) is 3. The van der Waals surface area contributed by atoms with E-state index in [1.807, 2.05) is 35.2 Å². The molecule has 0 radical (unpaired) electrons. The second kappa shape index (κ2) is 17.2. The maximum atomic E-state index is 14.3. The Morgan fingerprint density at radius 2 is 1.78 bits per heavy atom. The van der Waals surface area contributed by atoms with Crippen molar-refractivity contribution in [3.8, 4) is 5.88 Å². The number of aromatic nitrogens is 2. The molecule has 15 nitrogen and oxygen atoms in total. The van der Waals surface area contributed by atoms with E-state index in [1.54, 1.807) is 12.3 Å². The zero-order valence-corrected chi connectivity index (χ0v) is 36.7. The Balaban J connectivity index is 0.888. The van der Waals surface area contributed by atoms with E-state index in [-0.39, 0.29) is 22.1 Å². The predicted octanol–water partition coefficient (Wildman–Crippen LogP) is 8.19. The number of hydrogen-bond acceptors (Lipinski definition) is 12. The van der Waals surface area contributed by atoms with Crippen LogP contribution in [0.3, 0.4) is 0 Å². The molecule has 5 aromatic rings. The molecule has 4 aliphatic heterocycles. The molecule has 10 rings (SSSR count). The molecule has 16 heteroatoms. The number of nitro groups is 1. The molecule has 6 heterocycles. The first-order chi connectivity index (χ1) is 31.1. The smallest absolute Gasteiger partial charge is 0.293 e. The number of aromatic amines is 1. The number of piperidine rings is 1. The van der Waals surface area contributed by atoms with Crippen LogP contribution in [0.2, 0.25) is 0 Å². The summed E-state index contributed by atoms with van der Waals surface area (Å²) in [5.41, 5.74) is 5.63. The molecule has 334 valence electrons. The van der Waals surface area contributed by atoms with Gasteiger partial charge in [0, 0.05) is 68.3 Å². The van der Waals surface area contributed by atoms with Crippen LogP contribution in [-0.4, -0.2) is 92.7 Å². The summed E-state index contributed by atoms with van der Waals surface area (Å²) in [5, 5.41) is 16.2. The maximum Gasteiger partial charge on any atom is 0.293 e. The highest BCUT2D eigenvalue weighted by Gasteiger charge is 2.50. The summed E-state index contributed by atoms with van der Waals surface area (Å²) >= 11 is 0. The fourth-order valence-corrected chi connectivity index (χ4v) is 11.8. The minimum atomic E-state index is -4.55. The summed E-state index contributed by atoms with van der Waals surface area (Å²) in [6.45, 7) is 9.36. The van der Waals surface area contributed by atoms with Gasteiger partial charge in [-0.1, -0.05) is 36.9 Å². The van der Waals surface area contributed by atoms with Crippen molar-refractivity contribution in [2.75, 3.05) is 67.7 Å². The number of carbonyl (C=O) groups is 1. The molecular weight excluding hydrogens is 833 g/mol. The molecule has 1 atom stereocenters. The maximum absolute atomic E-state index is 14.3. The van der Waals surface area contributed by atoms with E-state index in [0.717, 1.165) is 62.5 Å². The standard InChI is InChI=1S/C48H54N8O7S/c1-2-33-6-3-4-7-38(33)41-8-5-19-54(41)36-29-48(30-36)16-20-53(21-17-48)35-9-11-39(42(27-35)55-22-25-63-47-44(55)26-34-13-18-49-45(34)51-47)46(57)52-64(60,61)37-10-12-40(43(28-37)56(58)59)50-31-32-14-23-62-24-15-32/h2-4,6-7,9-13,18,26-28,32,36,41,50H,1,5,8,14-17,19-25,29-31H2,(H,49,51)(H,52,57)/t41-/m0/s1. The van der Waals surface area contributed by atoms with Crippen molar-refractivity contribution in [2.24, 2.45) is 11.3 Å². The summed E-state index contributed by atoms with van der Waals surface area (Å²) in [4.78, 5) is 40.4. The minimum Gasteiger partial charge on any atom is -0.474 e. The van der Waals surface area contributed by atoms with Crippen LogP contribution in [0.15, 0.2) is 90.5 Å². The van der Waals surface area contributed by atoms with Crippen molar-refractivity contribution in [2.45, 2.75) is 68.3 Å². The Morgan fingerprint density at radius 1 is 0.969 bits per heavy atom. The second-order valence-corrected chi connectivity index (χ2v) is 19.7. The molecule has 1 spiro atoms.